The molecule has 1 saturated heterocycles. The number of aromatic amines is 1. The lowest BCUT2D eigenvalue weighted by Crippen LogP contribution is -2.38. The third-order valence-corrected chi connectivity index (χ3v) is 4.02. The maximum Gasteiger partial charge on any atom is 0.128 e. The van der Waals surface area contributed by atoms with E-state index < -0.39 is 0 Å². The second kappa shape index (κ2) is 6.46. The zero-order valence-corrected chi connectivity index (χ0v) is 13.4. The van der Waals surface area contributed by atoms with Gasteiger partial charge in [-0.25, -0.2) is 4.98 Å². The third-order valence-electron chi connectivity index (χ3n) is 4.02. The molecule has 0 saturated carbocycles. The molecule has 1 N–H and O–H groups in total. The first kappa shape index (κ1) is 15.0. The van der Waals surface area contributed by atoms with Gasteiger partial charge in [-0.3, -0.25) is 10.00 Å². The van der Waals surface area contributed by atoms with E-state index in [0.29, 0.717) is 0 Å². The number of hydrogen-bond donors (Lipinski definition) is 1. The summed E-state index contributed by atoms with van der Waals surface area (Å²) in [5.74, 6) is 0.962. The highest BCUT2D eigenvalue weighted by Gasteiger charge is 2.24. The minimum atomic E-state index is 0.0286. The average molecular weight is 301 g/mol. The van der Waals surface area contributed by atoms with Crippen molar-refractivity contribution >= 4 is 5.82 Å². The number of pyridine rings is 1. The first-order valence-corrected chi connectivity index (χ1v) is 7.60. The van der Waals surface area contributed by atoms with Gasteiger partial charge in [0, 0.05) is 45.0 Å². The molecule has 1 unspecified atom stereocenters. The van der Waals surface area contributed by atoms with Crippen LogP contribution in [0.25, 0.3) is 0 Å². The predicted molar refractivity (Wildman–Crippen MR) is 85.9 cm³/mol. The number of anilines is 1. The van der Waals surface area contributed by atoms with Crippen molar-refractivity contribution in [1.82, 2.24) is 20.1 Å². The van der Waals surface area contributed by atoms with E-state index in [1.54, 1.807) is 0 Å². The number of aromatic nitrogens is 3. The molecular weight excluding hydrogens is 278 g/mol. The molecule has 1 aliphatic heterocycles. The molecule has 1 atom stereocenters. The van der Waals surface area contributed by atoms with Crippen LogP contribution >= 0.6 is 0 Å². The number of nitrogens with zero attached hydrogens (tertiary/aromatic N) is 4. The molecule has 1 fully saturated rings. The van der Waals surface area contributed by atoms with E-state index in [4.69, 9.17) is 9.72 Å². The van der Waals surface area contributed by atoms with Gasteiger partial charge in [0.15, 0.2) is 0 Å². The molecule has 0 amide bonds. The Hall–Kier alpha value is -1.92. The Kier molecular flexibility index (Phi) is 4.40. The smallest absolute Gasteiger partial charge is 0.128 e. The monoisotopic (exact) mass is 301 g/mol. The van der Waals surface area contributed by atoms with Crippen molar-refractivity contribution in [1.29, 1.82) is 0 Å². The summed E-state index contributed by atoms with van der Waals surface area (Å²) in [6.45, 7) is 5.48. The average Bonchev–Trinajstić information content (AvgIpc) is 2.93. The van der Waals surface area contributed by atoms with Crippen molar-refractivity contribution in [2.24, 2.45) is 0 Å². The lowest BCUT2D eigenvalue weighted by atomic mass is 10.1. The summed E-state index contributed by atoms with van der Waals surface area (Å²) in [6, 6.07) is 6.10. The summed E-state index contributed by atoms with van der Waals surface area (Å²) >= 11 is 0. The summed E-state index contributed by atoms with van der Waals surface area (Å²) < 4.78 is 5.93. The van der Waals surface area contributed by atoms with Crippen molar-refractivity contribution in [3.63, 3.8) is 0 Å². The number of morpholine rings is 1. The van der Waals surface area contributed by atoms with Gasteiger partial charge in [-0.15, -0.1) is 0 Å². The normalized spacial score (nSPS) is 19.3. The zero-order chi connectivity index (χ0) is 15.5. The van der Waals surface area contributed by atoms with Crippen molar-refractivity contribution in [3.8, 4) is 0 Å². The molecule has 2 aromatic heterocycles. The van der Waals surface area contributed by atoms with Crippen LogP contribution in [0.15, 0.2) is 24.4 Å². The second-order valence-corrected chi connectivity index (χ2v) is 5.93. The van der Waals surface area contributed by atoms with Crippen LogP contribution in [0.1, 0.15) is 23.1 Å². The lowest BCUT2D eigenvalue weighted by Gasteiger charge is -2.32. The molecule has 3 heterocycles. The number of nitrogens with one attached hydrogen (secondary N) is 1. The summed E-state index contributed by atoms with van der Waals surface area (Å²) in [6.07, 6.45) is 1.94. The lowest BCUT2D eigenvalue weighted by molar-refractivity contribution is -0.0349. The van der Waals surface area contributed by atoms with Gasteiger partial charge in [-0.2, -0.15) is 5.10 Å². The van der Waals surface area contributed by atoms with Crippen LogP contribution in [0.2, 0.25) is 0 Å². The summed E-state index contributed by atoms with van der Waals surface area (Å²) in [5, 5.41) is 7.09. The maximum absolute atomic E-state index is 5.93. The molecule has 0 radical (unpaired) electrons. The molecule has 22 heavy (non-hydrogen) atoms. The Labute approximate surface area is 131 Å². The highest BCUT2D eigenvalue weighted by molar-refractivity contribution is 5.37. The molecule has 0 aliphatic carbocycles. The maximum atomic E-state index is 5.93. The fraction of sp³-hybridized carbons (Fsp3) is 0.500. The number of aryl methyl sites for hydroxylation is 1. The molecule has 0 aromatic carbocycles. The fourth-order valence-electron chi connectivity index (χ4n) is 2.67. The van der Waals surface area contributed by atoms with Crippen LogP contribution in [0.5, 0.6) is 0 Å². The van der Waals surface area contributed by atoms with Gasteiger partial charge in [-0.05, 0) is 19.1 Å². The van der Waals surface area contributed by atoms with Crippen LogP contribution in [-0.2, 0) is 11.3 Å². The van der Waals surface area contributed by atoms with Gasteiger partial charge in [0.25, 0.3) is 0 Å². The molecule has 3 rings (SSSR count). The number of hydrogen-bond acceptors (Lipinski definition) is 5. The van der Waals surface area contributed by atoms with E-state index in [9.17, 15) is 0 Å². The topological polar surface area (TPSA) is 57.3 Å². The summed E-state index contributed by atoms with van der Waals surface area (Å²) in [5.41, 5.74) is 3.38. The van der Waals surface area contributed by atoms with Gasteiger partial charge >= 0.3 is 0 Å². The standard InChI is InChI=1S/C16H23N5O/c1-12-13(9-17-19-12)10-21-7-8-22-15(11-21)14-5-4-6-16(18-14)20(2)3/h4-6,9,15H,7-8,10-11H2,1-3H3,(H,17,19). The first-order chi connectivity index (χ1) is 10.6. The number of ether oxygens (including phenoxy) is 1. The van der Waals surface area contributed by atoms with Crippen LogP contribution in [0, 0.1) is 6.92 Å². The van der Waals surface area contributed by atoms with Gasteiger partial charge in [0.2, 0.25) is 0 Å². The Morgan fingerprint density at radius 3 is 3.00 bits per heavy atom. The van der Waals surface area contributed by atoms with E-state index in [1.807, 2.05) is 43.4 Å². The van der Waals surface area contributed by atoms with E-state index in [1.165, 1.54) is 5.56 Å². The predicted octanol–water partition coefficient (Wildman–Crippen LogP) is 1.75. The molecule has 6 heteroatoms. The fourth-order valence-corrected chi connectivity index (χ4v) is 2.67. The first-order valence-electron chi connectivity index (χ1n) is 7.60. The minimum Gasteiger partial charge on any atom is -0.369 e. The minimum absolute atomic E-state index is 0.0286. The van der Waals surface area contributed by atoms with Crippen LogP contribution in [0.4, 0.5) is 5.82 Å². The highest BCUT2D eigenvalue weighted by atomic mass is 16.5. The van der Waals surface area contributed by atoms with Gasteiger partial charge < -0.3 is 9.64 Å². The van der Waals surface area contributed by atoms with Crippen LogP contribution in [-0.4, -0.2) is 53.9 Å². The van der Waals surface area contributed by atoms with E-state index in [0.717, 1.165) is 43.4 Å². The Morgan fingerprint density at radius 1 is 1.41 bits per heavy atom. The molecule has 0 bridgehead atoms. The van der Waals surface area contributed by atoms with Crippen molar-refractivity contribution in [3.05, 3.63) is 41.3 Å². The largest absolute Gasteiger partial charge is 0.369 e. The molecule has 118 valence electrons. The van der Waals surface area contributed by atoms with E-state index in [2.05, 4.69) is 22.0 Å². The Morgan fingerprint density at radius 2 is 2.27 bits per heavy atom. The molecular formula is C16H23N5O. The van der Waals surface area contributed by atoms with Crippen LogP contribution in [0.3, 0.4) is 0 Å². The molecule has 2 aromatic rings. The Bertz CT molecular complexity index is 625. The Balaban J connectivity index is 1.70. The highest BCUT2D eigenvalue weighted by Crippen LogP contribution is 2.23. The summed E-state index contributed by atoms with van der Waals surface area (Å²) in [4.78, 5) is 9.11. The van der Waals surface area contributed by atoms with E-state index in [-0.39, 0.29) is 6.10 Å². The van der Waals surface area contributed by atoms with Crippen LogP contribution < -0.4 is 4.90 Å². The van der Waals surface area contributed by atoms with Gasteiger partial charge in [0.1, 0.15) is 11.9 Å². The quantitative estimate of drug-likeness (QED) is 0.932. The van der Waals surface area contributed by atoms with Crippen molar-refractivity contribution < 1.29 is 4.74 Å². The van der Waals surface area contributed by atoms with E-state index >= 15 is 0 Å². The molecule has 0 spiro atoms. The second-order valence-electron chi connectivity index (χ2n) is 5.93. The van der Waals surface area contributed by atoms with Gasteiger partial charge in [-0.1, -0.05) is 6.07 Å². The van der Waals surface area contributed by atoms with Crippen molar-refractivity contribution in [2.75, 3.05) is 38.7 Å². The molecule has 1 aliphatic rings. The number of H-pyrrole nitrogens is 1. The zero-order valence-electron chi connectivity index (χ0n) is 13.4. The number of rotatable bonds is 4. The SMILES string of the molecule is Cc1[nH]ncc1CN1CCOC(c2cccc(N(C)C)n2)C1. The van der Waals surface area contributed by atoms with Crippen molar-refractivity contribution in [2.45, 2.75) is 19.6 Å². The summed E-state index contributed by atoms with van der Waals surface area (Å²) in [7, 11) is 4.00. The van der Waals surface area contributed by atoms with Gasteiger partial charge in [0.05, 0.1) is 18.5 Å². The third kappa shape index (κ3) is 3.28. The molecule has 6 nitrogen and oxygen atoms in total.